The molecule has 0 spiro atoms. The number of nitrogens with one attached hydrogen (secondary N) is 3. The Morgan fingerprint density at radius 1 is 1.36 bits per heavy atom. The van der Waals surface area contributed by atoms with Crippen LogP contribution in [0, 0.1) is 0 Å². The predicted octanol–water partition coefficient (Wildman–Crippen LogP) is -1.56. The van der Waals surface area contributed by atoms with Gasteiger partial charge in [0.05, 0.1) is 0 Å². The van der Waals surface area contributed by atoms with E-state index >= 15 is 0 Å². The first kappa shape index (κ1) is 10.3. The van der Waals surface area contributed by atoms with E-state index in [2.05, 4.69) is 10.3 Å². The first-order valence-electron chi connectivity index (χ1n) is 4.12. The molecule has 0 amide bonds. The van der Waals surface area contributed by atoms with E-state index in [9.17, 15) is 9.59 Å². The molecule has 0 bridgehead atoms. The van der Waals surface area contributed by atoms with Crippen LogP contribution in [-0.2, 0) is 0 Å². The molecule has 7 nitrogen and oxygen atoms in total. The van der Waals surface area contributed by atoms with Crippen LogP contribution in [0.3, 0.4) is 0 Å². The lowest BCUT2D eigenvalue weighted by molar-refractivity contribution is 0.292. The average molecular weight is 200 g/mol. The Kier molecular flexibility index (Phi) is 3.29. The quantitative estimate of drug-likeness (QED) is 0.376. The third-order valence-corrected chi connectivity index (χ3v) is 1.62. The van der Waals surface area contributed by atoms with Gasteiger partial charge in [0.25, 0.3) is 5.56 Å². The summed E-state index contributed by atoms with van der Waals surface area (Å²) >= 11 is 0. The lowest BCUT2D eigenvalue weighted by atomic mass is 10.4. The third-order valence-electron chi connectivity index (χ3n) is 1.62. The molecule has 1 aromatic rings. The van der Waals surface area contributed by atoms with Crippen LogP contribution in [0.25, 0.3) is 0 Å². The highest BCUT2D eigenvalue weighted by molar-refractivity contribution is 5.58. The van der Waals surface area contributed by atoms with Crippen molar-refractivity contribution in [3.05, 3.63) is 20.8 Å². The summed E-state index contributed by atoms with van der Waals surface area (Å²) in [4.78, 5) is 26.2. The first-order chi connectivity index (χ1) is 6.65. The van der Waals surface area contributed by atoms with Crippen molar-refractivity contribution in [2.75, 3.05) is 24.2 Å². The van der Waals surface area contributed by atoms with Gasteiger partial charge in [-0.2, -0.15) is 0 Å². The zero-order valence-corrected chi connectivity index (χ0v) is 7.46. The molecular weight excluding hydrogens is 188 g/mol. The smallest absolute Gasteiger partial charge is 0.327 e. The van der Waals surface area contributed by atoms with E-state index in [1.807, 2.05) is 4.98 Å². The Labute approximate surface area is 79.0 Å². The fraction of sp³-hybridized carbons (Fsp3) is 0.429. The Bertz CT molecular complexity index is 408. The summed E-state index contributed by atoms with van der Waals surface area (Å²) in [7, 11) is 0. The van der Waals surface area contributed by atoms with Gasteiger partial charge in [0.2, 0.25) is 0 Å². The van der Waals surface area contributed by atoms with E-state index < -0.39 is 11.2 Å². The molecular formula is C7H12N4O3. The number of nitrogens with two attached hydrogens (primary N) is 1. The van der Waals surface area contributed by atoms with Gasteiger partial charge in [0.15, 0.2) is 0 Å². The van der Waals surface area contributed by atoms with Gasteiger partial charge >= 0.3 is 5.69 Å². The fourth-order valence-electron chi connectivity index (χ4n) is 0.928. The van der Waals surface area contributed by atoms with Crippen molar-refractivity contribution in [3.63, 3.8) is 0 Å². The highest BCUT2D eigenvalue weighted by Gasteiger charge is 2.03. The average Bonchev–Trinajstić information content (AvgIpc) is 2.13. The number of rotatable bonds is 4. The van der Waals surface area contributed by atoms with Crippen LogP contribution in [-0.4, -0.2) is 28.2 Å². The number of H-pyrrole nitrogens is 2. The van der Waals surface area contributed by atoms with E-state index in [4.69, 9.17) is 10.8 Å². The van der Waals surface area contributed by atoms with Crippen molar-refractivity contribution in [3.8, 4) is 0 Å². The Hall–Kier alpha value is -1.76. The summed E-state index contributed by atoms with van der Waals surface area (Å²) in [6.45, 7) is 0.459. The SMILES string of the molecule is Nc1c(NCCCO)[nH]c(=O)[nH]c1=O. The minimum Gasteiger partial charge on any atom is -0.396 e. The summed E-state index contributed by atoms with van der Waals surface area (Å²) < 4.78 is 0. The van der Waals surface area contributed by atoms with Gasteiger partial charge in [0, 0.05) is 13.2 Å². The molecule has 0 aliphatic carbocycles. The topological polar surface area (TPSA) is 124 Å². The number of hydrogen-bond acceptors (Lipinski definition) is 5. The molecule has 0 fully saturated rings. The largest absolute Gasteiger partial charge is 0.396 e. The number of anilines is 2. The van der Waals surface area contributed by atoms with Gasteiger partial charge < -0.3 is 16.2 Å². The molecule has 0 saturated carbocycles. The number of aliphatic hydroxyl groups excluding tert-OH is 1. The van der Waals surface area contributed by atoms with Crippen LogP contribution in [0.1, 0.15) is 6.42 Å². The summed E-state index contributed by atoms with van der Waals surface area (Å²) in [6, 6.07) is 0. The molecule has 1 heterocycles. The molecule has 78 valence electrons. The van der Waals surface area contributed by atoms with E-state index in [0.717, 1.165) is 0 Å². The molecule has 7 heteroatoms. The maximum atomic E-state index is 11.0. The summed E-state index contributed by atoms with van der Waals surface area (Å²) in [6.07, 6.45) is 0.508. The summed E-state index contributed by atoms with van der Waals surface area (Å²) in [5, 5.41) is 11.2. The zero-order chi connectivity index (χ0) is 10.6. The van der Waals surface area contributed by atoms with E-state index in [0.29, 0.717) is 13.0 Å². The maximum Gasteiger partial charge on any atom is 0.327 e. The number of hydrogen-bond donors (Lipinski definition) is 5. The Balaban J connectivity index is 2.86. The second-order valence-corrected chi connectivity index (χ2v) is 2.70. The van der Waals surface area contributed by atoms with Crippen molar-refractivity contribution >= 4 is 11.5 Å². The normalized spacial score (nSPS) is 10.1. The number of aromatic nitrogens is 2. The standard InChI is InChI=1S/C7H12N4O3/c8-4-5(9-2-1-3-12)10-7(14)11-6(4)13/h12H,1-3,8H2,(H3,9,10,11,13,14). The van der Waals surface area contributed by atoms with E-state index in [1.54, 1.807) is 0 Å². The minimum atomic E-state index is -0.625. The van der Waals surface area contributed by atoms with Gasteiger partial charge in [-0.1, -0.05) is 0 Å². The number of aromatic amines is 2. The van der Waals surface area contributed by atoms with E-state index in [-0.39, 0.29) is 18.1 Å². The van der Waals surface area contributed by atoms with Crippen LogP contribution in [0.4, 0.5) is 11.5 Å². The minimum absolute atomic E-state index is 0.0281. The molecule has 1 rings (SSSR count). The van der Waals surface area contributed by atoms with Crippen molar-refractivity contribution in [1.82, 2.24) is 9.97 Å². The summed E-state index contributed by atoms with van der Waals surface area (Å²) in [5.41, 5.74) is 4.09. The van der Waals surface area contributed by atoms with Gasteiger partial charge in [-0.3, -0.25) is 14.8 Å². The number of nitrogen functional groups attached to an aromatic ring is 1. The van der Waals surface area contributed by atoms with Crippen LogP contribution in [0.5, 0.6) is 0 Å². The zero-order valence-electron chi connectivity index (χ0n) is 7.46. The molecule has 0 unspecified atom stereocenters. The van der Waals surface area contributed by atoms with Crippen LogP contribution in [0.2, 0.25) is 0 Å². The van der Waals surface area contributed by atoms with Crippen molar-refractivity contribution in [1.29, 1.82) is 0 Å². The molecule has 14 heavy (non-hydrogen) atoms. The Morgan fingerprint density at radius 3 is 2.71 bits per heavy atom. The van der Waals surface area contributed by atoms with Gasteiger partial charge in [-0.15, -0.1) is 0 Å². The first-order valence-corrected chi connectivity index (χ1v) is 4.12. The second kappa shape index (κ2) is 4.47. The third kappa shape index (κ3) is 2.36. The molecule has 0 aliphatic rings. The van der Waals surface area contributed by atoms with Crippen LogP contribution in [0.15, 0.2) is 9.59 Å². The number of aliphatic hydroxyl groups is 1. The monoisotopic (exact) mass is 200 g/mol. The molecule has 0 atom stereocenters. The molecule has 0 saturated heterocycles. The molecule has 0 aromatic carbocycles. The second-order valence-electron chi connectivity index (χ2n) is 2.70. The van der Waals surface area contributed by atoms with E-state index in [1.165, 1.54) is 0 Å². The van der Waals surface area contributed by atoms with Crippen LogP contribution < -0.4 is 22.3 Å². The van der Waals surface area contributed by atoms with Crippen molar-refractivity contribution in [2.24, 2.45) is 0 Å². The molecule has 0 radical (unpaired) electrons. The summed E-state index contributed by atoms with van der Waals surface area (Å²) in [5.74, 6) is 0.187. The van der Waals surface area contributed by atoms with Crippen molar-refractivity contribution in [2.45, 2.75) is 6.42 Å². The van der Waals surface area contributed by atoms with Crippen molar-refractivity contribution < 1.29 is 5.11 Å². The molecule has 0 aliphatic heterocycles. The fourth-order valence-corrected chi connectivity index (χ4v) is 0.928. The van der Waals surface area contributed by atoms with Gasteiger partial charge in [0.1, 0.15) is 11.5 Å². The predicted molar refractivity (Wildman–Crippen MR) is 52.3 cm³/mol. The van der Waals surface area contributed by atoms with Gasteiger partial charge in [-0.05, 0) is 6.42 Å². The lowest BCUT2D eigenvalue weighted by Gasteiger charge is -2.06. The molecule has 1 aromatic heterocycles. The maximum absolute atomic E-state index is 11.0. The lowest BCUT2D eigenvalue weighted by Crippen LogP contribution is -2.27. The Morgan fingerprint density at radius 2 is 2.07 bits per heavy atom. The van der Waals surface area contributed by atoms with Crippen LogP contribution >= 0.6 is 0 Å². The van der Waals surface area contributed by atoms with Gasteiger partial charge in [-0.25, -0.2) is 4.79 Å². The highest BCUT2D eigenvalue weighted by atomic mass is 16.3. The molecule has 6 N–H and O–H groups in total. The highest BCUT2D eigenvalue weighted by Crippen LogP contribution is 2.04.